The van der Waals surface area contributed by atoms with Crippen LogP contribution in [0.1, 0.15) is 36.8 Å². The first kappa shape index (κ1) is 22.6. The van der Waals surface area contributed by atoms with Gasteiger partial charge in [0.25, 0.3) is 10.0 Å². The SMILES string of the molecule is COc1ccc(CN2C(=O)[C@H]3CCCC[C@H]3C2=O)cc1S(=O)(=O)Nc1cc(Cl)ccc1C. The average Bonchev–Trinajstić information content (AvgIpc) is 3.01. The molecule has 1 saturated carbocycles. The van der Waals surface area contributed by atoms with Crippen molar-refractivity contribution < 1.29 is 22.7 Å². The van der Waals surface area contributed by atoms with Gasteiger partial charge in [0.1, 0.15) is 10.6 Å². The smallest absolute Gasteiger partial charge is 0.265 e. The van der Waals surface area contributed by atoms with Gasteiger partial charge in [0.2, 0.25) is 11.8 Å². The minimum Gasteiger partial charge on any atom is -0.495 e. The van der Waals surface area contributed by atoms with E-state index in [9.17, 15) is 18.0 Å². The molecule has 2 aromatic rings. The second-order valence-electron chi connectivity index (χ2n) is 8.31. The number of likely N-dealkylation sites (tertiary alicyclic amines) is 1. The fourth-order valence-corrected chi connectivity index (χ4v) is 6.02. The average molecular weight is 477 g/mol. The lowest BCUT2D eigenvalue weighted by Gasteiger charge is -2.19. The Bertz CT molecular complexity index is 1160. The van der Waals surface area contributed by atoms with Crippen LogP contribution in [0.25, 0.3) is 0 Å². The lowest BCUT2D eigenvalue weighted by Crippen LogP contribution is -2.30. The number of methoxy groups -OCH3 is 1. The molecule has 32 heavy (non-hydrogen) atoms. The molecule has 1 aliphatic heterocycles. The summed E-state index contributed by atoms with van der Waals surface area (Å²) in [7, 11) is -2.64. The molecule has 2 aliphatic rings. The van der Waals surface area contributed by atoms with Crippen molar-refractivity contribution in [3.63, 3.8) is 0 Å². The van der Waals surface area contributed by atoms with E-state index in [1.54, 1.807) is 25.1 Å². The van der Waals surface area contributed by atoms with Crippen LogP contribution in [0.15, 0.2) is 41.3 Å². The third kappa shape index (κ3) is 4.21. The van der Waals surface area contributed by atoms with Crippen molar-refractivity contribution in [2.75, 3.05) is 11.8 Å². The molecule has 0 aromatic heterocycles. The van der Waals surface area contributed by atoms with Crippen LogP contribution >= 0.6 is 11.6 Å². The van der Waals surface area contributed by atoms with E-state index < -0.39 is 10.0 Å². The van der Waals surface area contributed by atoms with Crippen LogP contribution in [-0.2, 0) is 26.2 Å². The Hall–Kier alpha value is -2.58. The van der Waals surface area contributed by atoms with Crippen LogP contribution in [0.5, 0.6) is 5.75 Å². The fraction of sp³-hybridized carbons (Fsp3) is 0.391. The highest BCUT2D eigenvalue weighted by atomic mass is 35.5. The Labute approximate surface area is 192 Å². The summed E-state index contributed by atoms with van der Waals surface area (Å²) in [6.45, 7) is 1.80. The van der Waals surface area contributed by atoms with Crippen molar-refractivity contribution in [1.29, 1.82) is 0 Å². The first-order valence-electron chi connectivity index (χ1n) is 10.5. The van der Waals surface area contributed by atoms with Gasteiger partial charge in [-0.2, -0.15) is 0 Å². The summed E-state index contributed by atoms with van der Waals surface area (Å²) in [5.41, 5.74) is 1.61. The molecule has 1 saturated heterocycles. The van der Waals surface area contributed by atoms with Crippen LogP contribution in [0.3, 0.4) is 0 Å². The van der Waals surface area contributed by atoms with Crippen LogP contribution in [0, 0.1) is 18.8 Å². The molecule has 0 unspecified atom stereocenters. The number of nitrogens with one attached hydrogen (secondary N) is 1. The number of sulfonamides is 1. The molecule has 0 bridgehead atoms. The zero-order chi connectivity index (χ0) is 23.0. The Kier molecular flexibility index (Phi) is 6.18. The highest BCUT2D eigenvalue weighted by Crippen LogP contribution is 2.39. The Morgan fingerprint density at radius 1 is 1.06 bits per heavy atom. The molecular formula is C23H25ClN2O5S. The van der Waals surface area contributed by atoms with E-state index in [-0.39, 0.29) is 40.8 Å². The minimum atomic E-state index is -4.02. The fourth-order valence-electron chi connectivity index (χ4n) is 4.50. The number of imide groups is 1. The summed E-state index contributed by atoms with van der Waals surface area (Å²) in [6, 6.07) is 9.59. The molecule has 2 fully saturated rings. The molecule has 7 nitrogen and oxygen atoms in total. The molecule has 1 aliphatic carbocycles. The first-order chi connectivity index (χ1) is 15.2. The predicted molar refractivity (Wildman–Crippen MR) is 121 cm³/mol. The predicted octanol–water partition coefficient (Wildman–Crippen LogP) is 4.13. The summed E-state index contributed by atoms with van der Waals surface area (Å²) in [6.07, 6.45) is 3.37. The molecule has 2 atom stereocenters. The first-order valence-corrected chi connectivity index (χ1v) is 12.4. The number of benzene rings is 2. The van der Waals surface area contributed by atoms with Gasteiger partial charge in [0.15, 0.2) is 0 Å². The molecule has 4 rings (SSSR count). The number of halogens is 1. The van der Waals surface area contributed by atoms with E-state index in [1.807, 2.05) is 0 Å². The lowest BCUT2D eigenvalue weighted by atomic mass is 9.81. The van der Waals surface area contributed by atoms with Gasteiger partial charge in [-0.15, -0.1) is 0 Å². The lowest BCUT2D eigenvalue weighted by molar-refractivity contribution is -0.140. The topological polar surface area (TPSA) is 92.8 Å². The molecular weight excluding hydrogens is 452 g/mol. The normalized spacial score (nSPS) is 20.9. The minimum absolute atomic E-state index is 0.0351. The third-order valence-electron chi connectivity index (χ3n) is 6.23. The van der Waals surface area contributed by atoms with Gasteiger partial charge in [-0.1, -0.05) is 36.6 Å². The van der Waals surface area contributed by atoms with Crippen LogP contribution in [0.2, 0.25) is 5.02 Å². The van der Waals surface area contributed by atoms with Gasteiger partial charge in [0.05, 0.1) is 31.2 Å². The van der Waals surface area contributed by atoms with Crippen LogP contribution in [-0.4, -0.2) is 32.2 Å². The number of fused-ring (bicyclic) bond motifs is 1. The number of hydrogen-bond acceptors (Lipinski definition) is 5. The van der Waals surface area contributed by atoms with Crippen LogP contribution < -0.4 is 9.46 Å². The van der Waals surface area contributed by atoms with E-state index in [1.165, 1.54) is 30.2 Å². The number of aryl methyl sites for hydroxylation is 1. The summed E-state index contributed by atoms with van der Waals surface area (Å²) in [5.74, 6) is -0.649. The standard InChI is InChI=1S/C23H25ClN2O5S/c1-14-7-9-16(24)12-19(14)25-32(29,30)21-11-15(8-10-20(21)31-2)13-26-22(27)17-5-3-4-6-18(17)23(26)28/h7-12,17-18,25H,3-6,13H2,1-2H3/t17-,18+. The Morgan fingerprint density at radius 3 is 2.34 bits per heavy atom. The second kappa shape index (κ2) is 8.75. The summed E-state index contributed by atoms with van der Waals surface area (Å²) >= 11 is 6.02. The van der Waals surface area contributed by atoms with Crippen molar-refractivity contribution >= 4 is 39.1 Å². The van der Waals surface area contributed by atoms with E-state index in [0.717, 1.165) is 25.7 Å². The maximum absolute atomic E-state index is 13.2. The van der Waals surface area contributed by atoms with Crippen molar-refractivity contribution in [2.24, 2.45) is 11.8 Å². The van der Waals surface area contributed by atoms with Gasteiger partial charge in [-0.25, -0.2) is 8.42 Å². The number of rotatable bonds is 6. The van der Waals surface area contributed by atoms with E-state index in [2.05, 4.69) is 4.72 Å². The Morgan fingerprint density at radius 2 is 1.72 bits per heavy atom. The third-order valence-corrected chi connectivity index (χ3v) is 7.86. The number of carbonyl (C=O) groups is 2. The molecule has 9 heteroatoms. The second-order valence-corrected chi connectivity index (χ2v) is 10.4. The van der Waals surface area contributed by atoms with E-state index >= 15 is 0 Å². The van der Waals surface area contributed by atoms with Gasteiger partial charge >= 0.3 is 0 Å². The number of nitrogens with zero attached hydrogens (tertiary/aromatic N) is 1. The number of hydrogen-bond donors (Lipinski definition) is 1. The quantitative estimate of drug-likeness (QED) is 0.632. The Balaban J connectivity index is 1.63. The van der Waals surface area contributed by atoms with Gasteiger partial charge in [-0.05, 0) is 55.2 Å². The highest BCUT2D eigenvalue weighted by molar-refractivity contribution is 7.92. The molecule has 2 amide bonds. The maximum atomic E-state index is 13.2. The van der Waals surface area contributed by atoms with Gasteiger partial charge < -0.3 is 4.74 Å². The summed E-state index contributed by atoms with van der Waals surface area (Å²) < 4.78 is 34.2. The van der Waals surface area contributed by atoms with Gasteiger partial charge in [0, 0.05) is 5.02 Å². The monoisotopic (exact) mass is 476 g/mol. The molecule has 170 valence electrons. The number of amides is 2. The number of carbonyl (C=O) groups excluding carboxylic acids is 2. The van der Waals surface area contributed by atoms with Crippen molar-refractivity contribution in [1.82, 2.24) is 4.90 Å². The van der Waals surface area contributed by atoms with E-state index in [4.69, 9.17) is 16.3 Å². The zero-order valence-corrected chi connectivity index (χ0v) is 19.5. The molecule has 2 aromatic carbocycles. The van der Waals surface area contributed by atoms with E-state index in [0.29, 0.717) is 21.8 Å². The molecule has 0 radical (unpaired) electrons. The highest BCUT2D eigenvalue weighted by Gasteiger charge is 2.47. The molecule has 0 spiro atoms. The van der Waals surface area contributed by atoms with Gasteiger partial charge in [-0.3, -0.25) is 19.2 Å². The summed E-state index contributed by atoms with van der Waals surface area (Å²) in [4.78, 5) is 26.8. The maximum Gasteiger partial charge on any atom is 0.265 e. The van der Waals surface area contributed by atoms with Crippen molar-refractivity contribution in [2.45, 2.75) is 44.0 Å². The number of anilines is 1. The molecule has 1 N–H and O–H groups in total. The van der Waals surface area contributed by atoms with Crippen molar-refractivity contribution in [3.8, 4) is 5.75 Å². The van der Waals surface area contributed by atoms with Crippen molar-refractivity contribution in [3.05, 3.63) is 52.5 Å². The number of ether oxygens (including phenoxy) is 1. The van der Waals surface area contributed by atoms with Crippen LogP contribution in [0.4, 0.5) is 5.69 Å². The largest absolute Gasteiger partial charge is 0.495 e. The zero-order valence-electron chi connectivity index (χ0n) is 17.9. The molecule has 1 heterocycles. The summed E-state index contributed by atoms with van der Waals surface area (Å²) in [5, 5.41) is 0.404.